The number of rotatable bonds is 3. The molecule has 0 aliphatic carbocycles. The predicted molar refractivity (Wildman–Crippen MR) is 62.8 cm³/mol. The number of phenolic OH excluding ortho intramolecular Hbond substituents is 1. The first kappa shape index (κ1) is 12.0. The molecule has 0 spiro atoms. The van der Waals surface area contributed by atoms with Gasteiger partial charge in [-0.1, -0.05) is 0 Å². The van der Waals surface area contributed by atoms with Gasteiger partial charge in [-0.25, -0.2) is 0 Å². The van der Waals surface area contributed by atoms with E-state index in [0.717, 1.165) is 12.1 Å². The second kappa shape index (κ2) is 5.25. The first-order valence-electron chi connectivity index (χ1n) is 5.53. The first-order chi connectivity index (χ1) is 8.26. The van der Waals surface area contributed by atoms with Crippen molar-refractivity contribution >= 4 is 0 Å². The molecule has 1 aliphatic rings. The lowest BCUT2D eigenvalue weighted by Gasteiger charge is -2.25. The Balaban J connectivity index is 2.32. The predicted octanol–water partition coefficient (Wildman–Crippen LogP) is 1.07. The molecule has 1 aromatic rings. The van der Waals surface area contributed by atoms with E-state index in [9.17, 15) is 5.11 Å². The van der Waals surface area contributed by atoms with Crippen LogP contribution in [-0.4, -0.2) is 39.0 Å². The molecule has 1 unspecified atom stereocenters. The van der Waals surface area contributed by atoms with Gasteiger partial charge in [-0.15, -0.1) is 0 Å². The third-order valence-electron chi connectivity index (χ3n) is 2.81. The Labute approximate surface area is 100 Å². The average molecular weight is 239 g/mol. The second-order valence-corrected chi connectivity index (χ2v) is 3.83. The molecule has 0 radical (unpaired) electrons. The Morgan fingerprint density at radius 2 is 2.00 bits per heavy atom. The van der Waals surface area contributed by atoms with Crippen LogP contribution in [0.15, 0.2) is 12.1 Å². The van der Waals surface area contributed by atoms with Crippen LogP contribution >= 0.6 is 0 Å². The summed E-state index contributed by atoms with van der Waals surface area (Å²) in [4.78, 5) is 0. The minimum Gasteiger partial charge on any atom is -0.507 e. The molecule has 1 aliphatic heterocycles. The van der Waals surface area contributed by atoms with Crippen molar-refractivity contribution in [2.24, 2.45) is 0 Å². The number of hydrogen-bond acceptors (Lipinski definition) is 5. The lowest BCUT2D eigenvalue weighted by molar-refractivity contribution is 0.0261. The summed E-state index contributed by atoms with van der Waals surface area (Å²) in [5.74, 6) is 1.27. The quantitative estimate of drug-likeness (QED) is 0.826. The van der Waals surface area contributed by atoms with Gasteiger partial charge in [0.1, 0.15) is 5.75 Å². The number of aromatic hydroxyl groups is 1. The number of hydrogen-bond donors (Lipinski definition) is 2. The van der Waals surface area contributed by atoms with E-state index in [4.69, 9.17) is 14.2 Å². The van der Waals surface area contributed by atoms with Gasteiger partial charge in [-0.2, -0.15) is 0 Å². The molecule has 2 rings (SSSR count). The minimum atomic E-state index is -0.149. The van der Waals surface area contributed by atoms with E-state index >= 15 is 0 Å². The van der Waals surface area contributed by atoms with Gasteiger partial charge in [-0.05, 0) is 6.07 Å². The summed E-state index contributed by atoms with van der Waals surface area (Å²) in [6, 6.07) is 3.30. The molecule has 5 heteroatoms. The van der Waals surface area contributed by atoms with Crippen LogP contribution in [0.25, 0.3) is 0 Å². The zero-order chi connectivity index (χ0) is 12.3. The lowest BCUT2D eigenvalue weighted by atomic mass is 10.1. The van der Waals surface area contributed by atoms with Crippen LogP contribution < -0.4 is 14.8 Å². The molecule has 0 bridgehead atoms. The Kier molecular flexibility index (Phi) is 3.71. The monoisotopic (exact) mass is 239 g/mol. The summed E-state index contributed by atoms with van der Waals surface area (Å²) in [6.45, 7) is 2.16. The van der Waals surface area contributed by atoms with E-state index < -0.39 is 0 Å². The standard InChI is InChI=1S/C12H17NO4/c1-15-10-5-8(9(14)6-11(10)16-2)12-7-13-3-4-17-12/h5-6,12-14H,3-4,7H2,1-2H3. The van der Waals surface area contributed by atoms with Gasteiger partial charge in [0, 0.05) is 24.7 Å². The Bertz CT molecular complexity index is 388. The van der Waals surface area contributed by atoms with E-state index in [1.54, 1.807) is 19.2 Å². The fourth-order valence-electron chi connectivity index (χ4n) is 1.91. The molecule has 1 aromatic carbocycles. The zero-order valence-electron chi connectivity index (χ0n) is 10.0. The highest BCUT2D eigenvalue weighted by atomic mass is 16.5. The van der Waals surface area contributed by atoms with Crippen molar-refractivity contribution < 1.29 is 19.3 Å². The fourth-order valence-corrected chi connectivity index (χ4v) is 1.91. The molecular formula is C12H17NO4. The molecule has 94 valence electrons. The summed E-state index contributed by atoms with van der Waals surface area (Å²) >= 11 is 0. The molecule has 17 heavy (non-hydrogen) atoms. The van der Waals surface area contributed by atoms with Crippen molar-refractivity contribution in [2.45, 2.75) is 6.10 Å². The van der Waals surface area contributed by atoms with Crippen molar-refractivity contribution in [3.05, 3.63) is 17.7 Å². The second-order valence-electron chi connectivity index (χ2n) is 3.83. The number of methoxy groups -OCH3 is 2. The van der Waals surface area contributed by atoms with Crippen molar-refractivity contribution in [1.82, 2.24) is 5.32 Å². The van der Waals surface area contributed by atoms with Crippen LogP contribution in [0.2, 0.25) is 0 Å². The van der Waals surface area contributed by atoms with Crippen LogP contribution in [0.3, 0.4) is 0 Å². The Morgan fingerprint density at radius 3 is 2.59 bits per heavy atom. The molecule has 0 aromatic heterocycles. The van der Waals surface area contributed by atoms with Crippen LogP contribution in [0.4, 0.5) is 0 Å². The summed E-state index contributed by atoms with van der Waals surface area (Å²) in [6.07, 6.45) is -0.149. The highest BCUT2D eigenvalue weighted by Gasteiger charge is 2.21. The Hall–Kier alpha value is -1.46. The van der Waals surface area contributed by atoms with Crippen molar-refractivity contribution in [3.8, 4) is 17.2 Å². The van der Waals surface area contributed by atoms with Crippen molar-refractivity contribution in [1.29, 1.82) is 0 Å². The van der Waals surface area contributed by atoms with Gasteiger partial charge in [0.15, 0.2) is 11.5 Å². The summed E-state index contributed by atoms with van der Waals surface area (Å²) in [5.41, 5.74) is 0.717. The number of phenols is 1. The van der Waals surface area contributed by atoms with Crippen LogP contribution in [0.1, 0.15) is 11.7 Å². The van der Waals surface area contributed by atoms with Gasteiger partial charge in [0.05, 0.1) is 26.9 Å². The zero-order valence-corrected chi connectivity index (χ0v) is 10.0. The smallest absolute Gasteiger partial charge is 0.164 e. The van der Waals surface area contributed by atoms with Gasteiger partial charge in [0.2, 0.25) is 0 Å². The molecule has 1 atom stereocenters. The molecule has 1 heterocycles. The molecule has 0 amide bonds. The third kappa shape index (κ3) is 2.45. The topological polar surface area (TPSA) is 60.0 Å². The number of benzene rings is 1. The highest BCUT2D eigenvalue weighted by Crippen LogP contribution is 2.38. The van der Waals surface area contributed by atoms with Gasteiger partial charge < -0.3 is 24.6 Å². The number of morpholine rings is 1. The largest absolute Gasteiger partial charge is 0.507 e. The van der Waals surface area contributed by atoms with Crippen molar-refractivity contribution in [2.75, 3.05) is 33.9 Å². The molecular weight excluding hydrogens is 222 g/mol. The van der Waals surface area contributed by atoms with E-state index in [0.29, 0.717) is 24.7 Å². The van der Waals surface area contributed by atoms with Crippen molar-refractivity contribution in [3.63, 3.8) is 0 Å². The third-order valence-corrected chi connectivity index (χ3v) is 2.81. The lowest BCUT2D eigenvalue weighted by Crippen LogP contribution is -2.33. The number of nitrogens with one attached hydrogen (secondary N) is 1. The highest BCUT2D eigenvalue weighted by molar-refractivity contribution is 5.51. The minimum absolute atomic E-state index is 0.149. The molecule has 1 fully saturated rings. The molecule has 5 nitrogen and oxygen atoms in total. The molecule has 2 N–H and O–H groups in total. The fraction of sp³-hybridized carbons (Fsp3) is 0.500. The van der Waals surface area contributed by atoms with Gasteiger partial charge in [0.25, 0.3) is 0 Å². The normalized spacial score (nSPS) is 20.0. The summed E-state index contributed by atoms with van der Waals surface area (Å²) in [7, 11) is 3.11. The average Bonchev–Trinajstić information content (AvgIpc) is 2.39. The maximum atomic E-state index is 9.95. The summed E-state index contributed by atoms with van der Waals surface area (Å²) < 4.78 is 15.9. The van der Waals surface area contributed by atoms with Gasteiger partial charge >= 0.3 is 0 Å². The van der Waals surface area contributed by atoms with E-state index in [1.165, 1.54) is 7.11 Å². The maximum Gasteiger partial charge on any atom is 0.164 e. The maximum absolute atomic E-state index is 9.95. The van der Waals surface area contributed by atoms with Crippen LogP contribution in [0.5, 0.6) is 17.2 Å². The number of ether oxygens (including phenoxy) is 3. The molecule has 0 saturated carbocycles. The Morgan fingerprint density at radius 1 is 1.29 bits per heavy atom. The SMILES string of the molecule is COc1cc(O)c(C2CNCCO2)cc1OC. The van der Waals surface area contributed by atoms with Gasteiger partial charge in [-0.3, -0.25) is 0 Å². The van der Waals surface area contributed by atoms with E-state index in [2.05, 4.69) is 5.32 Å². The molecule has 1 saturated heterocycles. The first-order valence-corrected chi connectivity index (χ1v) is 5.53. The van der Waals surface area contributed by atoms with E-state index in [-0.39, 0.29) is 11.9 Å². The van der Waals surface area contributed by atoms with Crippen LogP contribution in [-0.2, 0) is 4.74 Å². The summed E-state index contributed by atoms with van der Waals surface area (Å²) in [5, 5.41) is 13.2. The van der Waals surface area contributed by atoms with E-state index in [1.807, 2.05) is 0 Å². The van der Waals surface area contributed by atoms with Crippen LogP contribution in [0, 0.1) is 0 Å².